The third-order valence-corrected chi connectivity index (χ3v) is 5.29. The van der Waals surface area contributed by atoms with Crippen LogP contribution in [0.2, 0.25) is 0 Å². The predicted molar refractivity (Wildman–Crippen MR) is 112 cm³/mol. The molecule has 2 aromatic carbocycles. The Balaban J connectivity index is 0.000000366. The summed E-state index contributed by atoms with van der Waals surface area (Å²) in [4.78, 5) is 23.0. The smallest absolute Gasteiger partial charge is 0.416 e. The van der Waals surface area contributed by atoms with Crippen molar-refractivity contribution in [2.75, 3.05) is 18.0 Å². The number of hydrogen-bond acceptors (Lipinski definition) is 5. The second kappa shape index (κ2) is 10.9. The number of benzene rings is 2. The average molecular weight is 454 g/mol. The number of unbranched alkanes of at least 4 members (excludes halogenated alkanes) is 1. The lowest BCUT2D eigenvalue weighted by molar-refractivity contribution is -0.137. The molecule has 10 heteroatoms. The van der Waals surface area contributed by atoms with Crippen LogP contribution in [0.25, 0.3) is 0 Å². The van der Waals surface area contributed by atoms with Gasteiger partial charge in [-0.15, -0.1) is 0 Å². The number of fused-ring (bicyclic) bond motifs is 2. The molecule has 1 heterocycles. The van der Waals surface area contributed by atoms with Crippen molar-refractivity contribution in [1.29, 1.82) is 0 Å². The Kier molecular flexibility index (Phi) is 8.52. The lowest BCUT2D eigenvalue weighted by Gasteiger charge is -2.33. The maximum Gasteiger partial charge on any atom is 0.416 e. The van der Waals surface area contributed by atoms with Gasteiger partial charge in [-0.1, -0.05) is 23.9 Å². The number of nitrogens with zero attached hydrogens (tertiary/aromatic N) is 1. The molecule has 0 aliphatic carbocycles. The fourth-order valence-electron chi connectivity index (χ4n) is 2.80. The van der Waals surface area contributed by atoms with Crippen LogP contribution in [0.3, 0.4) is 0 Å². The molecule has 31 heavy (non-hydrogen) atoms. The molecular formula is C21H21F3N2O4S. The number of alkyl halides is 3. The fourth-order valence-corrected chi connectivity index (χ4v) is 3.88. The number of para-hydroxylation sites is 1. The largest absolute Gasteiger partial charge is 0.478 e. The summed E-state index contributed by atoms with van der Waals surface area (Å²) in [7, 11) is 0. The quantitative estimate of drug-likeness (QED) is 0.427. The summed E-state index contributed by atoms with van der Waals surface area (Å²) in [5.74, 6) is -2.51. The molecule has 0 unspecified atom stereocenters. The molecule has 0 atom stereocenters. The van der Waals surface area contributed by atoms with E-state index in [-0.39, 0.29) is 0 Å². The highest BCUT2D eigenvalue weighted by atomic mass is 32.2. The average Bonchev–Trinajstić information content (AvgIpc) is 2.71. The second-order valence-electron chi connectivity index (χ2n) is 6.41. The Hall–Kier alpha value is -2.98. The van der Waals surface area contributed by atoms with Gasteiger partial charge in [-0.3, -0.25) is 0 Å². The van der Waals surface area contributed by atoms with Gasteiger partial charge in [-0.05, 0) is 49.7 Å². The van der Waals surface area contributed by atoms with Crippen molar-refractivity contribution in [3.05, 3.63) is 60.2 Å². The number of carbonyl (C=O) groups is 2. The first kappa shape index (κ1) is 24.3. The molecule has 3 rings (SSSR count). The summed E-state index contributed by atoms with van der Waals surface area (Å²) in [6, 6.07) is 11.8. The Morgan fingerprint density at radius 3 is 2.16 bits per heavy atom. The summed E-state index contributed by atoms with van der Waals surface area (Å²) in [6.07, 6.45) is -1.53. The Bertz CT molecular complexity index is 948. The number of anilines is 2. The summed E-state index contributed by atoms with van der Waals surface area (Å²) in [6.45, 7) is 1.24. The molecule has 0 saturated carbocycles. The predicted octanol–water partition coefficient (Wildman–Crippen LogP) is 4.76. The number of hydrogen-bond donors (Lipinski definition) is 3. The molecule has 0 aromatic heterocycles. The maximum atomic E-state index is 13.0. The van der Waals surface area contributed by atoms with Crippen molar-refractivity contribution in [2.24, 2.45) is 5.73 Å². The van der Waals surface area contributed by atoms with E-state index >= 15 is 0 Å². The number of carboxylic acid groups (broad SMARTS) is 2. The number of rotatable bonds is 6. The van der Waals surface area contributed by atoms with Gasteiger partial charge < -0.3 is 20.8 Å². The Morgan fingerprint density at radius 2 is 1.58 bits per heavy atom. The van der Waals surface area contributed by atoms with Gasteiger partial charge in [0.25, 0.3) is 0 Å². The Labute approximate surface area is 181 Å². The number of carboxylic acids is 2. The van der Waals surface area contributed by atoms with Crippen LogP contribution in [-0.4, -0.2) is 35.2 Å². The van der Waals surface area contributed by atoms with E-state index in [0.29, 0.717) is 30.9 Å². The zero-order valence-corrected chi connectivity index (χ0v) is 17.1. The van der Waals surface area contributed by atoms with E-state index in [9.17, 15) is 22.8 Å². The topological polar surface area (TPSA) is 104 Å². The first-order valence-electron chi connectivity index (χ1n) is 9.23. The molecule has 0 bridgehead atoms. The van der Waals surface area contributed by atoms with Crippen molar-refractivity contribution < 1.29 is 33.0 Å². The third kappa shape index (κ3) is 7.04. The highest BCUT2D eigenvalue weighted by Crippen LogP contribution is 2.49. The van der Waals surface area contributed by atoms with Crippen molar-refractivity contribution >= 4 is 35.1 Å². The van der Waals surface area contributed by atoms with Crippen LogP contribution < -0.4 is 10.6 Å². The van der Waals surface area contributed by atoms with E-state index in [4.69, 9.17) is 15.9 Å². The minimum Gasteiger partial charge on any atom is -0.478 e. The van der Waals surface area contributed by atoms with Gasteiger partial charge in [0.15, 0.2) is 0 Å². The summed E-state index contributed by atoms with van der Waals surface area (Å²) < 4.78 is 39.1. The van der Waals surface area contributed by atoms with Crippen LogP contribution in [0.5, 0.6) is 0 Å². The normalized spacial score (nSPS) is 12.6. The number of halogens is 3. The van der Waals surface area contributed by atoms with Crippen molar-refractivity contribution in [3.8, 4) is 0 Å². The summed E-state index contributed by atoms with van der Waals surface area (Å²) in [5, 5.41) is 15.6. The molecule has 0 fully saturated rings. The molecule has 1 aliphatic rings. The Morgan fingerprint density at radius 1 is 0.968 bits per heavy atom. The van der Waals surface area contributed by atoms with Gasteiger partial charge in [-0.25, -0.2) is 9.59 Å². The van der Waals surface area contributed by atoms with Gasteiger partial charge in [0.1, 0.15) is 0 Å². The van der Waals surface area contributed by atoms with Crippen molar-refractivity contribution in [1.82, 2.24) is 0 Å². The van der Waals surface area contributed by atoms with E-state index in [1.807, 2.05) is 29.2 Å². The first-order chi connectivity index (χ1) is 14.6. The monoisotopic (exact) mass is 454 g/mol. The highest BCUT2D eigenvalue weighted by Gasteiger charge is 2.33. The first-order valence-corrected chi connectivity index (χ1v) is 10.0. The van der Waals surface area contributed by atoms with Crippen LogP contribution in [-0.2, 0) is 15.8 Å². The molecule has 0 amide bonds. The van der Waals surface area contributed by atoms with Crippen LogP contribution in [0.4, 0.5) is 24.5 Å². The zero-order chi connectivity index (χ0) is 23.0. The molecular weight excluding hydrogens is 433 g/mol. The summed E-state index contributed by atoms with van der Waals surface area (Å²) >= 11 is 1.51. The van der Waals surface area contributed by atoms with Gasteiger partial charge >= 0.3 is 18.1 Å². The molecule has 4 N–H and O–H groups in total. The highest BCUT2D eigenvalue weighted by molar-refractivity contribution is 7.99. The zero-order valence-electron chi connectivity index (χ0n) is 16.3. The van der Waals surface area contributed by atoms with E-state index in [0.717, 1.165) is 34.4 Å². The fraction of sp³-hybridized carbons (Fsp3) is 0.238. The van der Waals surface area contributed by atoms with E-state index in [2.05, 4.69) is 0 Å². The summed E-state index contributed by atoms with van der Waals surface area (Å²) in [5.41, 5.74) is 6.52. The minimum absolute atomic E-state index is 0.558. The molecule has 2 aromatic rings. The number of nitrogens with two attached hydrogens (primary N) is 1. The molecule has 166 valence electrons. The van der Waals surface area contributed by atoms with Crippen molar-refractivity contribution in [3.63, 3.8) is 0 Å². The third-order valence-electron chi connectivity index (χ3n) is 4.16. The number of aliphatic carboxylic acids is 2. The van der Waals surface area contributed by atoms with Crippen molar-refractivity contribution in [2.45, 2.75) is 28.8 Å². The van der Waals surface area contributed by atoms with Gasteiger partial charge in [0, 0.05) is 28.5 Å². The van der Waals surface area contributed by atoms with Gasteiger partial charge in [0.2, 0.25) is 0 Å². The minimum atomic E-state index is -4.33. The van der Waals surface area contributed by atoms with E-state index < -0.39 is 23.7 Å². The standard InChI is InChI=1S/C17H17F3N2S.C4H4O4/c18-17(19,20)12-7-8-16-14(11-12)22(10-4-3-9-21)13-5-1-2-6-15(13)23-16;5-3(6)1-2-4(7)8/h1-2,5-8,11H,3-4,9-10,21H2;1-2H,(H,5,6)(H,7,8)/b;2-1+. The van der Waals surface area contributed by atoms with Gasteiger partial charge in [0.05, 0.1) is 16.9 Å². The molecule has 0 saturated heterocycles. The SMILES string of the molecule is NCCCCN1c2ccccc2Sc2ccc(C(F)(F)F)cc21.O=C(O)/C=C/C(=O)O. The van der Waals surface area contributed by atoms with E-state index in [1.165, 1.54) is 17.8 Å². The van der Waals surface area contributed by atoms with Crippen LogP contribution in [0, 0.1) is 0 Å². The molecule has 1 aliphatic heterocycles. The van der Waals surface area contributed by atoms with Crippen LogP contribution in [0.15, 0.2) is 64.4 Å². The molecule has 6 nitrogen and oxygen atoms in total. The maximum absolute atomic E-state index is 13.0. The lowest BCUT2D eigenvalue weighted by Crippen LogP contribution is -2.23. The molecule has 0 radical (unpaired) electrons. The van der Waals surface area contributed by atoms with E-state index in [1.54, 1.807) is 6.07 Å². The molecule has 0 spiro atoms. The van der Waals surface area contributed by atoms with Gasteiger partial charge in [-0.2, -0.15) is 13.2 Å². The lowest BCUT2D eigenvalue weighted by atomic mass is 10.1. The second-order valence-corrected chi connectivity index (χ2v) is 7.49. The van der Waals surface area contributed by atoms with Crippen LogP contribution >= 0.6 is 11.8 Å². The van der Waals surface area contributed by atoms with Crippen LogP contribution in [0.1, 0.15) is 18.4 Å².